The Kier molecular flexibility index (Phi) is 5.51. The van der Waals surface area contributed by atoms with Gasteiger partial charge in [-0.05, 0) is 38.1 Å². The van der Waals surface area contributed by atoms with E-state index in [-0.39, 0.29) is 18.1 Å². The van der Waals surface area contributed by atoms with Gasteiger partial charge in [0.1, 0.15) is 5.76 Å². The van der Waals surface area contributed by atoms with Crippen molar-refractivity contribution < 1.29 is 14.6 Å². The number of hydrogen-bond acceptors (Lipinski definition) is 5. The van der Waals surface area contributed by atoms with E-state index >= 15 is 0 Å². The van der Waals surface area contributed by atoms with Gasteiger partial charge in [0, 0.05) is 4.47 Å². The Morgan fingerprint density at radius 3 is 2.50 bits per heavy atom. The van der Waals surface area contributed by atoms with Crippen molar-refractivity contribution in [2.24, 2.45) is 10.2 Å². The molecule has 0 saturated heterocycles. The fourth-order valence-electron chi connectivity index (χ4n) is 1.08. The summed E-state index contributed by atoms with van der Waals surface area (Å²) >= 11 is 3.30. The predicted octanol–water partition coefficient (Wildman–Crippen LogP) is 3.89. The maximum atomic E-state index is 11.5. The minimum atomic E-state index is -0.696. The van der Waals surface area contributed by atoms with Crippen molar-refractivity contribution in [1.82, 2.24) is 0 Å². The molecule has 0 heterocycles. The van der Waals surface area contributed by atoms with Crippen LogP contribution in [0.3, 0.4) is 0 Å². The normalized spacial score (nSPS) is 12.4. The van der Waals surface area contributed by atoms with Gasteiger partial charge in [-0.2, -0.15) is 5.11 Å². The molecule has 0 spiro atoms. The molecule has 0 bridgehead atoms. The number of halogens is 1. The molecule has 0 aromatic heterocycles. The van der Waals surface area contributed by atoms with E-state index in [0.29, 0.717) is 5.69 Å². The standard InChI is InChI=1S/C12H13BrN2O3/c1-3-18-12(17)11(8(2)16)15-14-10-6-4-9(13)5-7-10/h4-7,16H,3H2,1-2H3. The second-order valence-electron chi connectivity index (χ2n) is 3.33. The molecule has 5 nitrogen and oxygen atoms in total. The zero-order valence-corrected chi connectivity index (χ0v) is 11.6. The van der Waals surface area contributed by atoms with E-state index in [0.717, 1.165) is 4.47 Å². The summed E-state index contributed by atoms with van der Waals surface area (Å²) in [6.07, 6.45) is 0. The largest absolute Gasteiger partial charge is 0.510 e. The maximum Gasteiger partial charge on any atom is 0.362 e. The van der Waals surface area contributed by atoms with Crippen LogP contribution in [0.2, 0.25) is 0 Å². The SMILES string of the molecule is CCOC(=O)C(N=Nc1ccc(Br)cc1)=C(C)O. The van der Waals surface area contributed by atoms with Crippen LogP contribution in [-0.2, 0) is 9.53 Å². The van der Waals surface area contributed by atoms with Gasteiger partial charge in [0.25, 0.3) is 0 Å². The molecule has 1 aromatic rings. The number of ether oxygens (including phenoxy) is 1. The molecule has 0 aliphatic carbocycles. The third-order valence-electron chi connectivity index (χ3n) is 1.90. The number of nitrogens with zero attached hydrogens (tertiary/aromatic N) is 2. The van der Waals surface area contributed by atoms with Crippen LogP contribution in [0.25, 0.3) is 0 Å². The van der Waals surface area contributed by atoms with Crippen LogP contribution in [0.5, 0.6) is 0 Å². The van der Waals surface area contributed by atoms with Gasteiger partial charge in [0.2, 0.25) is 5.70 Å². The first-order chi connectivity index (χ1) is 8.54. The topological polar surface area (TPSA) is 71.2 Å². The van der Waals surface area contributed by atoms with Gasteiger partial charge in [0.05, 0.1) is 12.3 Å². The second kappa shape index (κ2) is 6.90. The molecule has 6 heteroatoms. The molecule has 0 aliphatic heterocycles. The third-order valence-corrected chi connectivity index (χ3v) is 2.43. The smallest absolute Gasteiger partial charge is 0.362 e. The quantitative estimate of drug-likeness (QED) is 0.397. The van der Waals surface area contributed by atoms with E-state index < -0.39 is 5.97 Å². The Hall–Kier alpha value is -1.69. The summed E-state index contributed by atoms with van der Waals surface area (Å²) in [5, 5.41) is 16.9. The minimum Gasteiger partial charge on any atom is -0.510 e. The second-order valence-corrected chi connectivity index (χ2v) is 4.25. The highest BCUT2D eigenvalue weighted by Gasteiger charge is 2.13. The van der Waals surface area contributed by atoms with Gasteiger partial charge < -0.3 is 9.84 Å². The maximum absolute atomic E-state index is 11.5. The Morgan fingerprint density at radius 2 is 2.00 bits per heavy atom. The van der Waals surface area contributed by atoms with E-state index in [2.05, 4.69) is 26.2 Å². The molecule has 18 heavy (non-hydrogen) atoms. The number of hydrogen-bond donors (Lipinski definition) is 1. The summed E-state index contributed by atoms with van der Waals surface area (Å²) in [6.45, 7) is 3.24. The van der Waals surface area contributed by atoms with E-state index in [1.54, 1.807) is 31.2 Å². The van der Waals surface area contributed by atoms with Crippen LogP contribution in [0.15, 0.2) is 50.4 Å². The number of rotatable bonds is 4. The van der Waals surface area contributed by atoms with Crippen LogP contribution in [0.4, 0.5) is 5.69 Å². The first-order valence-electron chi connectivity index (χ1n) is 5.29. The Balaban J connectivity index is 2.88. The van der Waals surface area contributed by atoms with E-state index in [1.807, 2.05) is 0 Å². The Morgan fingerprint density at radius 1 is 1.39 bits per heavy atom. The molecule has 1 rings (SSSR count). The molecule has 0 amide bonds. The summed E-state index contributed by atoms with van der Waals surface area (Å²) in [7, 11) is 0. The number of aliphatic hydroxyl groups excluding tert-OH is 1. The third kappa shape index (κ3) is 4.29. The van der Waals surface area contributed by atoms with Gasteiger partial charge in [0.15, 0.2) is 0 Å². The van der Waals surface area contributed by atoms with Gasteiger partial charge >= 0.3 is 5.97 Å². The molecule has 0 saturated carbocycles. The Bertz CT molecular complexity index is 477. The van der Waals surface area contributed by atoms with Gasteiger partial charge in [-0.1, -0.05) is 15.9 Å². The van der Waals surface area contributed by atoms with Gasteiger partial charge in [-0.3, -0.25) is 0 Å². The zero-order valence-electron chi connectivity index (χ0n) is 10.1. The average molecular weight is 313 g/mol. The molecular formula is C12H13BrN2O3. The van der Waals surface area contributed by atoms with Crippen molar-refractivity contribution in [3.8, 4) is 0 Å². The highest BCUT2D eigenvalue weighted by molar-refractivity contribution is 9.10. The zero-order chi connectivity index (χ0) is 13.5. The van der Waals surface area contributed by atoms with Crippen LogP contribution >= 0.6 is 15.9 Å². The molecule has 0 atom stereocenters. The molecular weight excluding hydrogens is 300 g/mol. The fraction of sp³-hybridized carbons (Fsp3) is 0.250. The first-order valence-corrected chi connectivity index (χ1v) is 6.08. The molecule has 0 fully saturated rings. The average Bonchev–Trinajstić information content (AvgIpc) is 2.31. The van der Waals surface area contributed by atoms with Gasteiger partial charge in [-0.15, -0.1) is 5.11 Å². The molecule has 0 radical (unpaired) electrons. The first kappa shape index (κ1) is 14.4. The van der Waals surface area contributed by atoms with Crippen LogP contribution in [0, 0.1) is 0 Å². The van der Waals surface area contributed by atoms with Crippen LogP contribution in [-0.4, -0.2) is 17.7 Å². The molecule has 96 valence electrons. The van der Waals surface area contributed by atoms with Crippen molar-refractivity contribution in [2.75, 3.05) is 6.61 Å². The summed E-state index contributed by atoms with van der Waals surface area (Å²) in [5.74, 6) is -0.923. The minimum absolute atomic E-state index is 0.195. The van der Waals surface area contributed by atoms with E-state index in [4.69, 9.17) is 4.74 Å². The molecule has 0 aliphatic rings. The van der Waals surface area contributed by atoms with Crippen LogP contribution < -0.4 is 0 Å². The van der Waals surface area contributed by atoms with E-state index in [9.17, 15) is 9.90 Å². The van der Waals surface area contributed by atoms with E-state index in [1.165, 1.54) is 6.92 Å². The fourth-order valence-corrected chi connectivity index (χ4v) is 1.34. The number of carbonyl (C=O) groups excluding carboxylic acids is 1. The molecule has 1 N–H and O–H groups in total. The monoisotopic (exact) mass is 312 g/mol. The van der Waals surface area contributed by atoms with Crippen molar-refractivity contribution >= 4 is 27.6 Å². The van der Waals surface area contributed by atoms with Crippen molar-refractivity contribution in [3.63, 3.8) is 0 Å². The van der Waals surface area contributed by atoms with Crippen molar-refractivity contribution in [2.45, 2.75) is 13.8 Å². The lowest BCUT2D eigenvalue weighted by Crippen LogP contribution is -2.07. The molecule has 0 unspecified atom stereocenters. The predicted molar refractivity (Wildman–Crippen MR) is 70.6 cm³/mol. The molecule has 1 aromatic carbocycles. The lowest BCUT2D eigenvalue weighted by atomic mass is 10.3. The number of carbonyl (C=O) groups is 1. The Labute approximate surface area is 113 Å². The number of aliphatic hydroxyl groups is 1. The van der Waals surface area contributed by atoms with Crippen molar-refractivity contribution in [3.05, 3.63) is 40.2 Å². The number of allylic oxidation sites excluding steroid dienone is 1. The summed E-state index contributed by atoms with van der Waals surface area (Å²) in [5.41, 5.74) is 0.376. The summed E-state index contributed by atoms with van der Waals surface area (Å²) in [4.78, 5) is 11.5. The number of benzene rings is 1. The van der Waals surface area contributed by atoms with Crippen LogP contribution in [0.1, 0.15) is 13.8 Å². The highest BCUT2D eigenvalue weighted by Crippen LogP contribution is 2.18. The lowest BCUT2D eigenvalue weighted by molar-refractivity contribution is -0.138. The lowest BCUT2D eigenvalue weighted by Gasteiger charge is -2.01. The van der Waals surface area contributed by atoms with Crippen molar-refractivity contribution in [1.29, 1.82) is 0 Å². The summed E-state index contributed by atoms with van der Waals surface area (Å²) < 4.78 is 5.67. The number of azo groups is 1. The van der Waals surface area contributed by atoms with Gasteiger partial charge in [-0.25, -0.2) is 4.79 Å². The summed E-state index contributed by atoms with van der Waals surface area (Å²) in [6, 6.07) is 7.05. The highest BCUT2D eigenvalue weighted by atomic mass is 79.9. The number of esters is 1.